The summed E-state index contributed by atoms with van der Waals surface area (Å²) in [7, 11) is 0. The third kappa shape index (κ3) is 4.37. The van der Waals surface area contributed by atoms with Crippen LogP contribution in [-0.4, -0.2) is 23.1 Å². The van der Waals surface area contributed by atoms with Gasteiger partial charge in [-0.05, 0) is 68.7 Å². The lowest BCUT2D eigenvalue weighted by Crippen LogP contribution is -2.17. The molecule has 2 heterocycles. The minimum Gasteiger partial charge on any atom is -0.372 e. The van der Waals surface area contributed by atoms with Gasteiger partial charge in [-0.25, -0.2) is 4.98 Å². The Morgan fingerprint density at radius 3 is 2.39 bits per heavy atom. The van der Waals surface area contributed by atoms with Crippen LogP contribution in [0.15, 0.2) is 48.5 Å². The molecule has 28 heavy (non-hydrogen) atoms. The van der Waals surface area contributed by atoms with Gasteiger partial charge in [0.25, 0.3) is 0 Å². The lowest BCUT2D eigenvalue weighted by Gasteiger charge is -2.18. The molecule has 6 heteroatoms. The first-order chi connectivity index (χ1) is 13.6. The smallest absolute Gasteiger partial charge is 0.229 e. The van der Waals surface area contributed by atoms with Crippen molar-refractivity contribution in [2.45, 2.75) is 26.7 Å². The second-order valence-electron chi connectivity index (χ2n) is 7.17. The topological polar surface area (TPSA) is 53.1 Å². The van der Waals surface area contributed by atoms with Gasteiger partial charge in [0.05, 0.1) is 0 Å². The van der Waals surface area contributed by atoms with Gasteiger partial charge in [-0.15, -0.1) is 0 Å². The van der Waals surface area contributed by atoms with Crippen LogP contribution >= 0.6 is 11.6 Å². The first kappa shape index (κ1) is 18.6. The molecular formula is C22H24ClN5. The lowest BCUT2D eigenvalue weighted by atomic mass is 10.2. The zero-order valence-electron chi connectivity index (χ0n) is 16.2. The van der Waals surface area contributed by atoms with Crippen molar-refractivity contribution in [1.29, 1.82) is 0 Å². The fraction of sp³-hybridized carbons (Fsp3) is 0.273. The maximum atomic E-state index is 6.12. The molecular weight excluding hydrogens is 370 g/mol. The van der Waals surface area contributed by atoms with E-state index in [4.69, 9.17) is 11.6 Å². The monoisotopic (exact) mass is 393 g/mol. The summed E-state index contributed by atoms with van der Waals surface area (Å²) in [6.45, 7) is 6.28. The van der Waals surface area contributed by atoms with Crippen LogP contribution in [0.1, 0.15) is 24.1 Å². The second kappa shape index (κ2) is 8.07. The standard InChI is InChI=1S/C22H24ClN5/c1-15-5-6-17(23)14-20(15)26-21-13-16(2)24-22(27-21)25-18-7-9-19(10-8-18)28-11-3-4-12-28/h5-10,13-14H,3-4,11-12H2,1-2H3,(H2,24,25,26,27). The zero-order valence-corrected chi connectivity index (χ0v) is 16.9. The predicted octanol–water partition coefficient (Wildman–Crippen LogP) is 5.83. The maximum Gasteiger partial charge on any atom is 0.229 e. The highest BCUT2D eigenvalue weighted by Crippen LogP contribution is 2.26. The SMILES string of the molecule is Cc1cc(Nc2cc(Cl)ccc2C)nc(Nc2ccc(N3CCCC3)cc2)n1. The Hall–Kier alpha value is -2.79. The van der Waals surface area contributed by atoms with Crippen LogP contribution in [0.5, 0.6) is 0 Å². The number of aryl methyl sites for hydroxylation is 2. The molecule has 5 nitrogen and oxygen atoms in total. The fourth-order valence-electron chi connectivity index (χ4n) is 3.42. The Bertz CT molecular complexity index is 965. The molecule has 144 valence electrons. The minimum atomic E-state index is 0.566. The third-order valence-corrected chi connectivity index (χ3v) is 5.15. The number of rotatable bonds is 5. The Morgan fingerprint density at radius 2 is 1.64 bits per heavy atom. The van der Waals surface area contributed by atoms with E-state index in [1.165, 1.54) is 18.5 Å². The molecule has 0 amide bonds. The highest BCUT2D eigenvalue weighted by atomic mass is 35.5. The number of benzene rings is 2. The third-order valence-electron chi connectivity index (χ3n) is 4.91. The molecule has 1 aliphatic heterocycles. The molecule has 0 aliphatic carbocycles. The highest BCUT2D eigenvalue weighted by Gasteiger charge is 2.12. The molecule has 0 spiro atoms. The van der Waals surface area contributed by atoms with Crippen LogP contribution < -0.4 is 15.5 Å². The first-order valence-corrected chi connectivity index (χ1v) is 9.95. The number of halogens is 1. The van der Waals surface area contributed by atoms with Crippen molar-refractivity contribution in [2.24, 2.45) is 0 Å². The van der Waals surface area contributed by atoms with E-state index in [1.807, 2.05) is 38.1 Å². The fourth-order valence-corrected chi connectivity index (χ4v) is 3.59. The van der Waals surface area contributed by atoms with Gasteiger partial charge in [0, 0.05) is 46.9 Å². The molecule has 4 rings (SSSR count). The van der Waals surface area contributed by atoms with Crippen LogP contribution in [0.4, 0.5) is 28.8 Å². The van der Waals surface area contributed by atoms with Crippen molar-refractivity contribution in [2.75, 3.05) is 28.6 Å². The summed E-state index contributed by atoms with van der Waals surface area (Å²) in [6.07, 6.45) is 2.55. The van der Waals surface area contributed by atoms with Gasteiger partial charge >= 0.3 is 0 Å². The molecule has 0 unspecified atom stereocenters. The Morgan fingerprint density at radius 1 is 0.893 bits per heavy atom. The normalized spacial score (nSPS) is 13.6. The average Bonchev–Trinajstić information content (AvgIpc) is 3.20. The number of anilines is 5. The largest absolute Gasteiger partial charge is 0.372 e. The van der Waals surface area contributed by atoms with E-state index in [1.54, 1.807) is 0 Å². The Kier molecular flexibility index (Phi) is 5.35. The Labute approximate surface area is 170 Å². The summed E-state index contributed by atoms with van der Waals surface area (Å²) in [5, 5.41) is 7.34. The van der Waals surface area contributed by atoms with Crippen LogP contribution in [0.3, 0.4) is 0 Å². The van der Waals surface area contributed by atoms with Crippen LogP contribution in [0, 0.1) is 13.8 Å². The minimum absolute atomic E-state index is 0.566. The van der Waals surface area contributed by atoms with Gasteiger partial charge in [-0.3, -0.25) is 0 Å². The summed E-state index contributed by atoms with van der Waals surface area (Å²) in [5.74, 6) is 1.30. The predicted molar refractivity (Wildman–Crippen MR) is 117 cm³/mol. The number of hydrogen-bond donors (Lipinski definition) is 2. The van der Waals surface area contributed by atoms with E-state index >= 15 is 0 Å². The van der Waals surface area contributed by atoms with Crippen molar-refractivity contribution in [3.05, 3.63) is 64.8 Å². The van der Waals surface area contributed by atoms with E-state index in [2.05, 4.69) is 49.8 Å². The van der Waals surface area contributed by atoms with Crippen molar-refractivity contribution >= 4 is 40.4 Å². The molecule has 0 bridgehead atoms. The van der Waals surface area contributed by atoms with Gasteiger partial charge in [-0.1, -0.05) is 17.7 Å². The molecule has 0 atom stereocenters. The van der Waals surface area contributed by atoms with E-state index in [0.29, 0.717) is 11.0 Å². The molecule has 3 aromatic rings. The molecule has 0 radical (unpaired) electrons. The van der Waals surface area contributed by atoms with Gasteiger partial charge < -0.3 is 15.5 Å². The Balaban J connectivity index is 1.51. The second-order valence-corrected chi connectivity index (χ2v) is 7.60. The highest BCUT2D eigenvalue weighted by molar-refractivity contribution is 6.30. The zero-order chi connectivity index (χ0) is 19.5. The molecule has 0 saturated carbocycles. The summed E-state index contributed by atoms with van der Waals surface area (Å²) >= 11 is 6.12. The molecule has 1 saturated heterocycles. The molecule has 1 aliphatic rings. The molecule has 2 N–H and O–H groups in total. The number of nitrogens with zero attached hydrogens (tertiary/aromatic N) is 3. The quantitative estimate of drug-likeness (QED) is 0.570. The molecule has 1 aromatic heterocycles. The first-order valence-electron chi connectivity index (χ1n) is 9.58. The van der Waals surface area contributed by atoms with Gasteiger partial charge in [0.15, 0.2) is 0 Å². The average molecular weight is 394 g/mol. The van der Waals surface area contributed by atoms with Crippen LogP contribution in [0.2, 0.25) is 5.02 Å². The number of hydrogen-bond acceptors (Lipinski definition) is 5. The van der Waals surface area contributed by atoms with Crippen molar-refractivity contribution in [3.8, 4) is 0 Å². The summed E-state index contributed by atoms with van der Waals surface area (Å²) in [4.78, 5) is 11.5. The van der Waals surface area contributed by atoms with Crippen molar-refractivity contribution < 1.29 is 0 Å². The van der Waals surface area contributed by atoms with Gasteiger partial charge in [-0.2, -0.15) is 4.98 Å². The van der Waals surface area contributed by atoms with E-state index in [9.17, 15) is 0 Å². The van der Waals surface area contributed by atoms with Crippen LogP contribution in [-0.2, 0) is 0 Å². The van der Waals surface area contributed by atoms with Gasteiger partial charge in [0.2, 0.25) is 5.95 Å². The van der Waals surface area contributed by atoms with Gasteiger partial charge in [0.1, 0.15) is 5.82 Å². The number of nitrogens with one attached hydrogen (secondary N) is 2. The van der Waals surface area contributed by atoms with E-state index in [-0.39, 0.29) is 0 Å². The van der Waals surface area contributed by atoms with Crippen molar-refractivity contribution in [1.82, 2.24) is 9.97 Å². The molecule has 2 aromatic carbocycles. The summed E-state index contributed by atoms with van der Waals surface area (Å²) < 4.78 is 0. The van der Waals surface area contributed by atoms with E-state index < -0.39 is 0 Å². The van der Waals surface area contributed by atoms with Crippen molar-refractivity contribution in [3.63, 3.8) is 0 Å². The number of aromatic nitrogens is 2. The van der Waals surface area contributed by atoms with E-state index in [0.717, 1.165) is 41.5 Å². The van der Waals surface area contributed by atoms with Crippen LogP contribution in [0.25, 0.3) is 0 Å². The molecule has 1 fully saturated rings. The lowest BCUT2D eigenvalue weighted by molar-refractivity contribution is 0.949. The maximum absolute atomic E-state index is 6.12. The summed E-state index contributed by atoms with van der Waals surface area (Å²) in [6, 6.07) is 16.1. The summed E-state index contributed by atoms with van der Waals surface area (Å²) in [5.41, 5.74) is 5.16.